The second-order valence-electron chi connectivity index (χ2n) is 6.22. The van der Waals surface area contributed by atoms with E-state index >= 15 is 0 Å². The first-order chi connectivity index (χ1) is 10.5. The van der Waals surface area contributed by atoms with E-state index in [-0.39, 0.29) is 6.61 Å². The second kappa shape index (κ2) is 8.05. The summed E-state index contributed by atoms with van der Waals surface area (Å²) in [5.74, 6) is -0.0831. The van der Waals surface area contributed by atoms with Crippen LogP contribution in [0.1, 0.15) is 34.6 Å². The predicted octanol–water partition coefficient (Wildman–Crippen LogP) is 3.46. The molecular weight excluding hydrogens is 415 g/mol. The Morgan fingerprint density at radius 3 is 2.39 bits per heavy atom. The highest BCUT2D eigenvalue weighted by molar-refractivity contribution is 14.2. The molecule has 1 rings (SSSR count). The third kappa shape index (κ3) is 6.82. The Labute approximate surface area is 146 Å². The lowest BCUT2D eigenvalue weighted by Crippen LogP contribution is -2.35. The van der Waals surface area contributed by atoms with Crippen molar-refractivity contribution in [3.05, 3.63) is 21.5 Å². The summed E-state index contributed by atoms with van der Waals surface area (Å²) in [7, 11) is 1.45. The number of methoxy groups -OCH3 is 1. The summed E-state index contributed by atoms with van der Waals surface area (Å²) in [6, 6.07) is 0. The zero-order valence-corrected chi connectivity index (χ0v) is 16.4. The van der Waals surface area contributed by atoms with Crippen LogP contribution in [0.2, 0.25) is 0 Å². The normalized spacial score (nSPS) is 15.0. The van der Waals surface area contributed by atoms with E-state index in [2.05, 4.69) is 0 Å². The summed E-state index contributed by atoms with van der Waals surface area (Å²) in [6.45, 7) is 8.60. The van der Waals surface area contributed by atoms with Crippen molar-refractivity contribution >= 4 is 36.9 Å². The van der Waals surface area contributed by atoms with E-state index in [4.69, 9.17) is 18.9 Å². The van der Waals surface area contributed by atoms with Crippen LogP contribution in [-0.2, 0) is 23.7 Å². The Balaban J connectivity index is 2.75. The van der Waals surface area contributed by atoms with Crippen LogP contribution >= 0.6 is 20.7 Å². The van der Waals surface area contributed by atoms with E-state index in [0.29, 0.717) is 5.76 Å². The van der Waals surface area contributed by atoms with Gasteiger partial charge in [-0.05, 0) is 44.7 Å². The molecule has 0 unspecified atom stereocenters. The maximum absolute atomic E-state index is 11.9. The molecule has 1 aliphatic heterocycles. The number of carbonyl (C=O) groups excluding carboxylic acids is 2. The third-order valence-corrected chi connectivity index (χ3v) is 5.07. The monoisotopic (exact) mass is 438 g/mol. The summed E-state index contributed by atoms with van der Waals surface area (Å²) in [5, 5.41) is 0. The summed E-state index contributed by atoms with van der Waals surface area (Å²) < 4.78 is 23.5. The number of halogens is 1. The predicted molar refractivity (Wildman–Crippen MR) is 95.6 cm³/mol. The first-order valence-electron chi connectivity index (χ1n) is 7.05. The van der Waals surface area contributed by atoms with Gasteiger partial charge in [0.05, 0.1) is 3.58 Å². The van der Waals surface area contributed by atoms with Crippen LogP contribution in [0.25, 0.3) is 0 Å². The van der Waals surface area contributed by atoms with Gasteiger partial charge in [0, 0.05) is 7.11 Å². The quantitative estimate of drug-likeness (QED) is 0.484. The van der Waals surface area contributed by atoms with Crippen molar-refractivity contribution in [3.8, 4) is 0 Å². The van der Waals surface area contributed by atoms with Crippen molar-refractivity contribution in [2.75, 3.05) is 13.7 Å². The van der Waals surface area contributed by atoms with Crippen molar-refractivity contribution in [1.82, 2.24) is 0 Å². The molecule has 0 aliphatic carbocycles. The van der Waals surface area contributed by atoms with Crippen molar-refractivity contribution in [2.24, 2.45) is 0 Å². The van der Waals surface area contributed by atoms with E-state index in [9.17, 15) is 9.59 Å². The Morgan fingerprint density at radius 1 is 1.17 bits per heavy atom. The van der Waals surface area contributed by atoms with Crippen LogP contribution in [0.4, 0.5) is 4.79 Å². The Bertz CT molecular complexity index is 551. The van der Waals surface area contributed by atoms with Crippen LogP contribution in [0.3, 0.4) is 0 Å². The lowest BCUT2D eigenvalue weighted by atomic mass is 10.1. The van der Waals surface area contributed by atoms with E-state index in [0.717, 1.165) is 3.58 Å². The van der Waals surface area contributed by atoms with Gasteiger partial charge in [0.15, 0.2) is 5.60 Å². The van der Waals surface area contributed by atoms with Crippen LogP contribution < -0.4 is 0 Å². The molecule has 1 aliphatic rings. The molecule has 6 nitrogen and oxygen atoms in total. The standard InChI is InChI=1S/C16H23IO6/c1-15(2,3)23-14(19)22-12-8-7-9-17-11(12)10-21-13(18)16(4,5)20-6/h7-9H,10H2,1-6H3. The minimum atomic E-state index is -1.01. The molecule has 0 atom stereocenters. The molecule has 23 heavy (non-hydrogen) atoms. The minimum Gasteiger partial charge on any atom is -0.458 e. The molecule has 0 fully saturated rings. The van der Waals surface area contributed by atoms with Crippen LogP contribution in [0, 0.1) is 0 Å². The fourth-order valence-corrected chi connectivity index (χ4v) is 3.10. The molecule has 130 valence electrons. The van der Waals surface area contributed by atoms with Gasteiger partial charge in [-0.1, -0.05) is 26.8 Å². The number of ether oxygens (including phenoxy) is 4. The van der Waals surface area contributed by atoms with E-state index in [1.165, 1.54) is 7.11 Å². The van der Waals surface area contributed by atoms with Gasteiger partial charge in [0.2, 0.25) is 0 Å². The molecule has 0 bridgehead atoms. The molecule has 0 saturated heterocycles. The summed E-state index contributed by atoms with van der Waals surface area (Å²) in [6.07, 6.45) is 2.71. The Hall–Kier alpha value is -1.22. The molecule has 0 saturated carbocycles. The van der Waals surface area contributed by atoms with Crippen LogP contribution in [-0.4, -0.2) is 41.1 Å². The molecule has 0 radical (unpaired) electrons. The summed E-state index contributed by atoms with van der Waals surface area (Å²) in [5.41, 5.74) is -1.65. The number of hydrogen-bond acceptors (Lipinski definition) is 6. The maximum atomic E-state index is 11.9. The van der Waals surface area contributed by atoms with E-state index in [1.807, 2.05) is 10.1 Å². The Kier molecular flexibility index (Phi) is 6.94. The van der Waals surface area contributed by atoms with E-state index in [1.54, 1.807) is 40.7 Å². The fraction of sp³-hybridized carbons (Fsp3) is 0.562. The topological polar surface area (TPSA) is 71.1 Å². The smallest absolute Gasteiger partial charge is 0.458 e. The van der Waals surface area contributed by atoms with Gasteiger partial charge in [-0.25, -0.2) is 9.59 Å². The second-order valence-corrected chi connectivity index (χ2v) is 8.86. The molecule has 1 heterocycles. The van der Waals surface area contributed by atoms with Crippen molar-refractivity contribution in [3.63, 3.8) is 0 Å². The zero-order chi connectivity index (χ0) is 17.7. The van der Waals surface area contributed by atoms with Crippen LogP contribution in [0.15, 0.2) is 21.5 Å². The number of allylic oxidation sites excluding steroid dienone is 2. The summed E-state index contributed by atoms with van der Waals surface area (Å²) in [4.78, 5) is 23.7. The number of rotatable bonds is 5. The lowest BCUT2D eigenvalue weighted by molar-refractivity contribution is -0.163. The van der Waals surface area contributed by atoms with Gasteiger partial charge in [-0.15, -0.1) is 0 Å². The molecular formula is C16H23IO6. The van der Waals surface area contributed by atoms with Crippen LogP contribution in [0.5, 0.6) is 0 Å². The van der Waals surface area contributed by atoms with Gasteiger partial charge in [-0.2, -0.15) is 0 Å². The highest BCUT2D eigenvalue weighted by Gasteiger charge is 2.29. The van der Waals surface area contributed by atoms with Gasteiger partial charge in [0.1, 0.15) is 18.0 Å². The molecule has 0 aromatic rings. The molecule has 0 spiro atoms. The van der Waals surface area contributed by atoms with Crippen molar-refractivity contribution in [2.45, 2.75) is 45.8 Å². The largest absolute Gasteiger partial charge is 0.514 e. The molecule has 0 N–H and O–H groups in total. The molecule has 0 amide bonds. The Morgan fingerprint density at radius 2 is 1.83 bits per heavy atom. The maximum Gasteiger partial charge on any atom is 0.514 e. The summed E-state index contributed by atoms with van der Waals surface area (Å²) >= 11 is -0.514. The average Bonchev–Trinajstić information content (AvgIpc) is 2.43. The molecule has 0 aromatic heterocycles. The fourth-order valence-electron chi connectivity index (χ4n) is 1.32. The average molecular weight is 438 g/mol. The number of esters is 1. The molecule has 0 aromatic carbocycles. The lowest BCUT2D eigenvalue weighted by Gasteiger charge is -2.22. The first kappa shape index (κ1) is 19.8. The van der Waals surface area contributed by atoms with Gasteiger partial charge < -0.3 is 18.9 Å². The van der Waals surface area contributed by atoms with Gasteiger partial charge >= 0.3 is 12.1 Å². The van der Waals surface area contributed by atoms with Gasteiger partial charge in [-0.3, -0.25) is 0 Å². The highest BCUT2D eigenvalue weighted by Crippen LogP contribution is 2.26. The molecule has 7 heteroatoms. The zero-order valence-electron chi connectivity index (χ0n) is 14.3. The van der Waals surface area contributed by atoms with Crippen molar-refractivity contribution in [1.29, 1.82) is 0 Å². The van der Waals surface area contributed by atoms with Gasteiger partial charge in [0.25, 0.3) is 0 Å². The van der Waals surface area contributed by atoms with E-state index < -0.39 is 44.1 Å². The number of carbonyl (C=O) groups is 2. The minimum absolute atomic E-state index is 0.0673. The number of hydrogen-bond donors (Lipinski definition) is 0. The highest BCUT2D eigenvalue weighted by atomic mass is 127. The van der Waals surface area contributed by atoms with Crippen molar-refractivity contribution < 1.29 is 28.5 Å². The SMILES string of the molecule is COC(C)(C)C(=O)OCC1=C(OC(=O)OC(C)(C)C)C=CC=I1. The first-order valence-corrected chi connectivity index (χ1v) is 9.37. The third-order valence-electron chi connectivity index (χ3n) is 2.70.